The van der Waals surface area contributed by atoms with Gasteiger partial charge < -0.3 is 15.4 Å². The number of carbonyl (C=O) groups is 3. The third-order valence-electron chi connectivity index (χ3n) is 4.93. The molecule has 0 spiro atoms. The van der Waals surface area contributed by atoms with E-state index in [-0.39, 0.29) is 32.4 Å². The maximum absolute atomic E-state index is 12.9. The van der Waals surface area contributed by atoms with Crippen LogP contribution in [0.2, 0.25) is 10.0 Å². The maximum Gasteiger partial charge on any atom is 0.283 e. The van der Waals surface area contributed by atoms with E-state index in [1.54, 1.807) is 55.6 Å². The van der Waals surface area contributed by atoms with Gasteiger partial charge in [0.1, 0.15) is 16.5 Å². The summed E-state index contributed by atoms with van der Waals surface area (Å²) in [6.07, 6.45) is 0. The molecule has 2 N–H and O–H groups in total. The van der Waals surface area contributed by atoms with Gasteiger partial charge in [0.2, 0.25) is 0 Å². The van der Waals surface area contributed by atoms with E-state index in [0.29, 0.717) is 22.7 Å². The first-order valence-corrected chi connectivity index (χ1v) is 11.0. The van der Waals surface area contributed by atoms with Gasteiger partial charge >= 0.3 is 0 Å². The summed E-state index contributed by atoms with van der Waals surface area (Å²) in [5.74, 6) is -1.04. The molecule has 3 aromatic carbocycles. The Kier molecular flexibility index (Phi) is 6.79. The molecule has 0 aromatic heterocycles. The van der Waals surface area contributed by atoms with Gasteiger partial charge in [-0.25, -0.2) is 4.90 Å². The minimum atomic E-state index is -0.693. The average molecular weight is 517 g/mol. The van der Waals surface area contributed by atoms with Crippen LogP contribution in [0.4, 0.5) is 17.1 Å². The molecule has 1 heterocycles. The highest BCUT2D eigenvalue weighted by Gasteiger charge is 2.39. The van der Waals surface area contributed by atoms with Crippen molar-refractivity contribution >= 4 is 69.6 Å². The lowest BCUT2D eigenvalue weighted by Gasteiger charge is -2.15. The van der Waals surface area contributed by atoms with E-state index in [2.05, 4.69) is 10.6 Å². The number of imide groups is 1. The van der Waals surface area contributed by atoms with E-state index >= 15 is 0 Å². The Hall–Kier alpha value is -3.52. The molecule has 0 saturated heterocycles. The van der Waals surface area contributed by atoms with Crippen molar-refractivity contribution in [1.82, 2.24) is 0 Å². The van der Waals surface area contributed by atoms with Crippen LogP contribution in [0.3, 0.4) is 0 Å². The van der Waals surface area contributed by atoms with Gasteiger partial charge in [0.05, 0.1) is 22.8 Å². The summed E-state index contributed by atoms with van der Waals surface area (Å²) in [6.45, 7) is 0. The number of rotatable bonds is 6. The van der Waals surface area contributed by atoms with Crippen LogP contribution < -0.4 is 20.3 Å². The first-order chi connectivity index (χ1) is 16.3. The quantitative estimate of drug-likeness (QED) is 0.411. The molecule has 3 aromatic rings. The molecule has 4 rings (SSSR count). The van der Waals surface area contributed by atoms with Crippen molar-refractivity contribution in [3.8, 4) is 5.75 Å². The highest BCUT2D eigenvalue weighted by molar-refractivity contribution is 6.53. The molecule has 1 aliphatic heterocycles. The number of methoxy groups -OCH3 is 1. The summed E-state index contributed by atoms with van der Waals surface area (Å²) in [7, 11) is 1.54. The number of nitrogens with zero attached hydrogens (tertiary/aromatic N) is 1. The van der Waals surface area contributed by atoms with Crippen LogP contribution in [0.1, 0.15) is 10.4 Å². The molecule has 0 radical (unpaired) electrons. The van der Waals surface area contributed by atoms with Gasteiger partial charge in [-0.3, -0.25) is 14.4 Å². The summed E-state index contributed by atoms with van der Waals surface area (Å²) >= 11 is 18.1. The minimum absolute atomic E-state index is 0.0914. The normalized spacial score (nSPS) is 13.4. The molecule has 172 valence electrons. The standard InChI is InChI=1S/C24H16Cl3N3O4/c1-34-17-4-2-3-15(11-17)29-22(31)13-5-7-14(8-6-13)28-21-20(27)23(32)30(24(21)33)16-9-10-18(25)19(26)12-16/h2-12,28H,1H3,(H,29,31). The van der Waals surface area contributed by atoms with E-state index < -0.39 is 11.8 Å². The second-order valence-corrected chi connectivity index (χ2v) is 8.31. The molecule has 1 aliphatic rings. The SMILES string of the molecule is COc1cccc(NC(=O)c2ccc(NC3=C(Cl)C(=O)N(c4ccc(Cl)c(Cl)c4)C3=O)cc2)c1. The van der Waals surface area contributed by atoms with Crippen LogP contribution in [-0.2, 0) is 9.59 Å². The molecule has 0 saturated carbocycles. The molecule has 0 fully saturated rings. The Balaban J connectivity index is 1.48. The molecular formula is C24H16Cl3N3O4. The molecule has 7 nitrogen and oxygen atoms in total. The average Bonchev–Trinajstić information content (AvgIpc) is 3.04. The minimum Gasteiger partial charge on any atom is -0.497 e. The van der Waals surface area contributed by atoms with Gasteiger partial charge in [0.15, 0.2) is 0 Å². The number of halogens is 3. The zero-order valence-corrected chi connectivity index (χ0v) is 19.8. The Labute approximate surface area is 209 Å². The van der Waals surface area contributed by atoms with Crippen LogP contribution >= 0.6 is 34.8 Å². The van der Waals surface area contributed by atoms with Gasteiger partial charge in [0.25, 0.3) is 17.7 Å². The lowest BCUT2D eigenvalue weighted by molar-refractivity contribution is -0.120. The van der Waals surface area contributed by atoms with Crippen molar-refractivity contribution in [2.75, 3.05) is 22.6 Å². The number of anilines is 3. The zero-order chi connectivity index (χ0) is 24.4. The summed E-state index contributed by atoms with van der Waals surface area (Å²) in [6, 6.07) is 17.7. The van der Waals surface area contributed by atoms with Gasteiger partial charge in [-0.2, -0.15) is 0 Å². The summed E-state index contributed by atoms with van der Waals surface area (Å²) in [5.41, 5.74) is 1.58. The molecule has 10 heteroatoms. The molecule has 0 bridgehead atoms. The lowest BCUT2D eigenvalue weighted by Crippen LogP contribution is -2.32. The monoisotopic (exact) mass is 515 g/mol. The van der Waals surface area contributed by atoms with E-state index in [0.717, 1.165) is 4.90 Å². The van der Waals surface area contributed by atoms with Gasteiger partial charge in [-0.15, -0.1) is 0 Å². The summed E-state index contributed by atoms with van der Waals surface area (Å²) < 4.78 is 5.15. The third-order valence-corrected chi connectivity index (χ3v) is 6.02. The van der Waals surface area contributed by atoms with Gasteiger partial charge in [-0.1, -0.05) is 40.9 Å². The van der Waals surface area contributed by atoms with Crippen LogP contribution in [0.15, 0.2) is 77.5 Å². The van der Waals surface area contributed by atoms with E-state index in [9.17, 15) is 14.4 Å². The molecule has 0 aliphatic carbocycles. The van der Waals surface area contributed by atoms with Crippen molar-refractivity contribution in [3.05, 3.63) is 93.1 Å². The number of benzene rings is 3. The van der Waals surface area contributed by atoms with Crippen LogP contribution in [0.25, 0.3) is 0 Å². The molecular weight excluding hydrogens is 501 g/mol. The zero-order valence-electron chi connectivity index (χ0n) is 17.6. The fraction of sp³-hybridized carbons (Fsp3) is 0.0417. The second-order valence-electron chi connectivity index (χ2n) is 7.12. The van der Waals surface area contributed by atoms with Gasteiger partial charge in [-0.05, 0) is 54.6 Å². The highest BCUT2D eigenvalue weighted by Crippen LogP contribution is 2.33. The fourth-order valence-electron chi connectivity index (χ4n) is 3.22. The largest absolute Gasteiger partial charge is 0.497 e. The molecule has 3 amide bonds. The predicted octanol–water partition coefficient (Wildman–Crippen LogP) is 5.69. The number of hydrogen-bond donors (Lipinski definition) is 2. The van der Waals surface area contributed by atoms with E-state index in [4.69, 9.17) is 39.5 Å². The second kappa shape index (κ2) is 9.77. The van der Waals surface area contributed by atoms with E-state index in [1.165, 1.54) is 18.2 Å². The van der Waals surface area contributed by atoms with Crippen LogP contribution in [0.5, 0.6) is 5.75 Å². The molecule has 0 unspecified atom stereocenters. The number of carbonyl (C=O) groups excluding carboxylic acids is 3. The lowest BCUT2D eigenvalue weighted by atomic mass is 10.2. The third kappa shape index (κ3) is 4.72. The van der Waals surface area contributed by atoms with Crippen molar-refractivity contribution in [3.63, 3.8) is 0 Å². The summed E-state index contributed by atoms with van der Waals surface area (Å²) in [4.78, 5) is 39.0. The molecule has 34 heavy (non-hydrogen) atoms. The number of amides is 3. The van der Waals surface area contributed by atoms with Crippen molar-refractivity contribution in [1.29, 1.82) is 0 Å². The maximum atomic E-state index is 12.9. The number of hydrogen-bond acceptors (Lipinski definition) is 5. The smallest absolute Gasteiger partial charge is 0.283 e. The Bertz CT molecular complexity index is 1340. The van der Waals surface area contributed by atoms with Gasteiger partial charge in [0, 0.05) is 23.0 Å². The van der Waals surface area contributed by atoms with E-state index in [1.807, 2.05) is 0 Å². The number of nitrogens with one attached hydrogen (secondary N) is 2. The van der Waals surface area contributed by atoms with Crippen molar-refractivity contribution in [2.24, 2.45) is 0 Å². The first-order valence-electron chi connectivity index (χ1n) is 9.84. The highest BCUT2D eigenvalue weighted by atomic mass is 35.5. The summed E-state index contributed by atoms with van der Waals surface area (Å²) in [5, 5.41) is 5.85. The Morgan fingerprint density at radius 3 is 2.26 bits per heavy atom. The predicted molar refractivity (Wildman–Crippen MR) is 133 cm³/mol. The Morgan fingerprint density at radius 1 is 0.853 bits per heavy atom. The number of ether oxygens (including phenoxy) is 1. The van der Waals surface area contributed by atoms with Crippen molar-refractivity contribution in [2.45, 2.75) is 0 Å². The van der Waals surface area contributed by atoms with Crippen molar-refractivity contribution < 1.29 is 19.1 Å². The van der Waals surface area contributed by atoms with Crippen LogP contribution in [0, 0.1) is 0 Å². The topological polar surface area (TPSA) is 87.7 Å². The first kappa shape index (κ1) is 23.6. The van der Waals surface area contributed by atoms with Crippen LogP contribution in [-0.4, -0.2) is 24.8 Å². The fourth-order valence-corrected chi connectivity index (χ4v) is 3.73. The molecule has 0 atom stereocenters. The Morgan fingerprint density at radius 2 is 1.59 bits per heavy atom.